The minimum Gasteiger partial charge on any atom is -0.481 e. The molecule has 0 aliphatic rings. The summed E-state index contributed by atoms with van der Waals surface area (Å²) in [4.78, 5) is 12.3. The van der Waals surface area contributed by atoms with Crippen molar-refractivity contribution in [2.75, 3.05) is 6.54 Å². The largest absolute Gasteiger partial charge is 0.481 e. The second kappa shape index (κ2) is 8.75. The van der Waals surface area contributed by atoms with Crippen molar-refractivity contribution < 1.29 is 17.9 Å². The standard InChI is InChI=1S/C21H28N2O4S/c1-15(27-18-7-5-6-17(14-18)21(2,3)4)20(24)23-13-12-16-8-10-19(11-9-16)28(22,25)26/h5-11,14-15H,12-13H2,1-4H3,(H,23,24)(H2,22,25,26)/t15-/m1/s1. The first-order valence-corrected chi connectivity index (χ1v) is 10.7. The van der Waals surface area contributed by atoms with Gasteiger partial charge < -0.3 is 10.1 Å². The van der Waals surface area contributed by atoms with Crippen LogP contribution in [0.4, 0.5) is 0 Å². The molecule has 0 saturated carbocycles. The Morgan fingerprint density at radius 3 is 2.36 bits per heavy atom. The van der Waals surface area contributed by atoms with E-state index in [2.05, 4.69) is 26.1 Å². The Morgan fingerprint density at radius 1 is 1.14 bits per heavy atom. The molecule has 0 fully saturated rings. The van der Waals surface area contributed by atoms with Crippen LogP contribution in [0.2, 0.25) is 0 Å². The Kier molecular flexibility index (Phi) is 6.85. The molecule has 0 unspecified atom stereocenters. The number of rotatable bonds is 7. The molecule has 2 rings (SSSR count). The van der Waals surface area contributed by atoms with Gasteiger partial charge in [-0.25, -0.2) is 13.6 Å². The summed E-state index contributed by atoms with van der Waals surface area (Å²) in [6, 6.07) is 14.0. The minimum atomic E-state index is -3.69. The lowest BCUT2D eigenvalue weighted by Crippen LogP contribution is -2.37. The lowest BCUT2D eigenvalue weighted by molar-refractivity contribution is -0.127. The zero-order valence-electron chi connectivity index (χ0n) is 16.7. The van der Waals surface area contributed by atoms with Crippen LogP contribution < -0.4 is 15.2 Å². The van der Waals surface area contributed by atoms with Gasteiger partial charge in [0.2, 0.25) is 10.0 Å². The molecule has 3 N–H and O–H groups in total. The van der Waals surface area contributed by atoms with Crippen LogP contribution in [0.15, 0.2) is 53.4 Å². The van der Waals surface area contributed by atoms with E-state index in [1.54, 1.807) is 19.1 Å². The van der Waals surface area contributed by atoms with Gasteiger partial charge in [0, 0.05) is 6.54 Å². The van der Waals surface area contributed by atoms with E-state index < -0.39 is 16.1 Å². The van der Waals surface area contributed by atoms with Crippen molar-refractivity contribution in [3.05, 3.63) is 59.7 Å². The van der Waals surface area contributed by atoms with E-state index in [9.17, 15) is 13.2 Å². The number of sulfonamides is 1. The van der Waals surface area contributed by atoms with Crippen molar-refractivity contribution in [1.82, 2.24) is 5.32 Å². The normalized spacial score (nSPS) is 13.0. The molecule has 0 aliphatic heterocycles. The molecular weight excluding hydrogens is 376 g/mol. The molecule has 0 heterocycles. The first-order chi connectivity index (χ1) is 13.0. The second-order valence-corrected chi connectivity index (χ2v) is 9.33. The van der Waals surface area contributed by atoms with Gasteiger partial charge in [0.05, 0.1) is 4.90 Å². The third-order valence-corrected chi connectivity index (χ3v) is 5.28. The van der Waals surface area contributed by atoms with E-state index >= 15 is 0 Å². The monoisotopic (exact) mass is 404 g/mol. The molecule has 0 bridgehead atoms. The van der Waals surface area contributed by atoms with Crippen LogP contribution in [0.25, 0.3) is 0 Å². The van der Waals surface area contributed by atoms with E-state index in [4.69, 9.17) is 9.88 Å². The van der Waals surface area contributed by atoms with Crippen molar-refractivity contribution in [3.8, 4) is 5.75 Å². The summed E-state index contributed by atoms with van der Waals surface area (Å²) < 4.78 is 28.3. The molecule has 28 heavy (non-hydrogen) atoms. The first-order valence-electron chi connectivity index (χ1n) is 9.13. The summed E-state index contributed by atoms with van der Waals surface area (Å²) in [5.41, 5.74) is 2.05. The van der Waals surface area contributed by atoms with Crippen molar-refractivity contribution in [2.45, 2.75) is 50.5 Å². The number of carbonyl (C=O) groups excluding carboxylic acids is 1. The molecule has 0 saturated heterocycles. The fourth-order valence-electron chi connectivity index (χ4n) is 2.61. The Hall–Kier alpha value is -2.38. The summed E-state index contributed by atoms with van der Waals surface area (Å²) >= 11 is 0. The number of hydrogen-bond donors (Lipinski definition) is 2. The molecule has 2 aromatic rings. The maximum Gasteiger partial charge on any atom is 0.260 e. The third-order valence-electron chi connectivity index (χ3n) is 4.35. The number of ether oxygens (including phenoxy) is 1. The first kappa shape index (κ1) is 21.9. The van der Waals surface area contributed by atoms with E-state index in [0.717, 1.165) is 11.1 Å². The van der Waals surface area contributed by atoms with E-state index in [1.807, 2.05) is 24.3 Å². The van der Waals surface area contributed by atoms with Crippen LogP contribution in [-0.2, 0) is 26.7 Å². The highest BCUT2D eigenvalue weighted by atomic mass is 32.2. The summed E-state index contributed by atoms with van der Waals surface area (Å²) in [6.45, 7) is 8.50. The van der Waals surface area contributed by atoms with Crippen LogP contribution in [-0.4, -0.2) is 27.0 Å². The van der Waals surface area contributed by atoms with Gasteiger partial charge in [0.1, 0.15) is 5.75 Å². The lowest BCUT2D eigenvalue weighted by atomic mass is 9.87. The van der Waals surface area contributed by atoms with E-state index in [0.29, 0.717) is 18.7 Å². The molecule has 0 aliphatic carbocycles. The summed E-state index contributed by atoms with van der Waals surface area (Å²) in [6.07, 6.45) is -0.0527. The number of benzene rings is 2. The molecular formula is C21H28N2O4S. The van der Waals surface area contributed by atoms with Crippen LogP contribution >= 0.6 is 0 Å². The number of nitrogens with two attached hydrogens (primary N) is 1. The highest BCUT2D eigenvalue weighted by Crippen LogP contribution is 2.26. The van der Waals surface area contributed by atoms with E-state index in [-0.39, 0.29) is 16.2 Å². The number of hydrogen-bond acceptors (Lipinski definition) is 4. The fraction of sp³-hybridized carbons (Fsp3) is 0.381. The van der Waals surface area contributed by atoms with Crippen molar-refractivity contribution in [1.29, 1.82) is 0 Å². The lowest BCUT2D eigenvalue weighted by Gasteiger charge is -2.21. The SMILES string of the molecule is C[C@@H](Oc1cccc(C(C)(C)C)c1)C(=O)NCCc1ccc(S(N)(=O)=O)cc1. The van der Waals surface area contributed by atoms with Gasteiger partial charge in [0.15, 0.2) is 6.10 Å². The van der Waals surface area contributed by atoms with Gasteiger partial charge in [-0.3, -0.25) is 4.79 Å². The second-order valence-electron chi connectivity index (χ2n) is 7.77. The topological polar surface area (TPSA) is 98.5 Å². The maximum absolute atomic E-state index is 12.3. The number of amides is 1. The zero-order valence-corrected chi connectivity index (χ0v) is 17.5. The van der Waals surface area contributed by atoms with E-state index in [1.165, 1.54) is 12.1 Å². The van der Waals surface area contributed by atoms with Crippen molar-refractivity contribution in [3.63, 3.8) is 0 Å². The van der Waals surface area contributed by atoms with Crippen LogP contribution in [0.3, 0.4) is 0 Å². The summed E-state index contributed by atoms with van der Waals surface area (Å²) in [7, 11) is -3.69. The highest BCUT2D eigenvalue weighted by molar-refractivity contribution is 7.89. The van der Waals surface area contributed by atoms with Crippen LogP contribution in [0.5, 0.6) is 5.75 Å². The molecule has 7 heteroatoms. The summed E-state index contributed by atoms with van der Waals surface area (Å²) in [5, 5.41) is 7.91. The van der Waals surface area contributed by atoms with Gasteiger partial charge in [-0.15, -0.1) is 0 Å². The zero-order chi connectivity index (χ0) is 20.9. The Labute approximate surface area is 167 Å². The van der Waals surface area contributed by atoms with Gasteiger partial charge in [-0.1, -0.05) is 45.0 Å². The van der Waals surface area contributed by atoms with Gasteiger partial charge >= 0.3 is 0 Å². The molecule has 152 valence electrons. The maximum atomic E-state index is 12.3. The van der Waals surface area contributed by atoms with Crippen LogP contribution in [0.1, 0.15) is 38.8 Å². The quantitative estimate of drug-likeness (QED) is 0.741. The highest BCUT2D eigenvalue weighted by Gasteiger charge is 2.17. The van der Waals surface area contributed by atoms with Crippen molar-refractivity contribution >= 4 is 15.9 Å². The summed E-state index contributed by atoms with van der Waals surface area (Å²) in [5.74, 6) is 0.455. The van der Waals surface area contributed by atoms with Gasteiger partial charge in [-0.2, -0.15) is 0 Å². The Morgan fingerprint density at radius 2 is 1.79 bits per heavy atom. The molecule has 1 atom stereocenters. The predicted octanol–water partition coefficient (Wildman–Crippen LogP) is 2.76. The molecule has 1 amide bonds. The molecule has 0 spiro atoms. The predicted molar refractivity (Wildman–Crippen MR) is 110 cm³/mol. The average Bonchev–Trinajstić information content (AvgIpc) is 2.61. The number of carbonyl (C=O) groups is 1. The Bertz CT molecular complexity index is 916. The molecule has 6 nitrogen and oxygen atoms in total. The van der Waals surface area contributed by atoms with Gasteiger partial charge in [-0.05, 0) is 54.2 Å². The minimum absolute atomic E-state index is 0.00362. The fourth-order valence-corrected chi connectivity index (χ4v) is 3.13. The van der Waals surface area contributed by atoms with Crippen LogP contribution in [0, 0.1) is 0 Å². The molecule has 2 aromatic carbocycles. The van der Waals surface area contributed by atoms with Crippen molar-refractivity contribution in [2.24, 2.45) is 5.14 Å². The third kappa shape index (κ3) is 6.35. The number of nitrogens with one attached hydrogen (secondary N) is 1. The number of primary sulfonamides is 1. The van der Waals surface area contributed by atoms with Gasteiger partial charge in [0.25, 0.3) is 5.91 Å². The average molecular weight is 405 g/mol. The Balaban J connectivity index is 1.86. The smallest absolute Gasteiger partial charge is 0.260 e. The molecule has 0 radical (unpaired) electrons. The molecule has 0 aromatic heterocycles.